The SMILES string of the molecule is CCOC(=O)C(N)C12CC3CC(CC(C3)C1)C2.Cl. The molecule has 104 valence electrons. The van der Waals surface area contributed by atoms with Gasteiger partial charge in [-0.1, -0.05) is 0 Å². The van der Waals surface area contributed by atoms with Gasteiger partial charge >= 0.3 is 5.97 Å². The first-order valence-electron chi connectivity index (χ1n) is 7.05. The largest absolute Gasteiger partial charge is 0.465 e. The van der Waals surface area contributed by atoms with Gasteiger partial charge in [0, 0.05) is 0 Å². The lowest BCUT2D eigenvalue weighted by Crippen LogP contribution is -2.57. The zero-order valence-electron chi connectivity index (χ0n) is 11.1. The fourth-order valence-electron chi connectivity index (χ4n) is 5.04. The van der Waals surface area contributed by atoms with E-state index >= 15 is 0 Å². The summed E-state index contributed by atoms with van der Waals surface area (Å²) in [4.78, 5) is 11.9. The van der Waals surface area contributed by atoms with Crippen molar-refractivity contribution in [1.82, 2.24) is 0 Å². The number of ether oxygens (including phenoxy) is 1. The number of rotatable bonds is 3. The van der Waals surface area contributed by atoms with Crippen molar-refractivity contribution in [3.8, 4) is 0 Å². The highest BCUT2D eigenvalue weighted by Crippen LogP contribution is 2.61. The number of halogens is 1. The van der Waals surface area contributed by atoms with Crippen LogP contribution in [0.5, 0.6) is 0 Å². The van der Waals surface area contributed by atoms with Crippen molar-refractivity contribution >= 4 is 18.4 Å². The lowest BCUT2D eigenvalue weighted by atomic mass is 9.48. The van der Waals surface area contributed by atoms with Gasteiger partial charge in [0.15, 0.2) is 0 Å². The van der Waals surface area contributed by atoms with Gasteiger partial charge < -0.3 is 10.5 Å². The molecule has 2 N–H and O–H groups in total. The van der Waals surface area contributed by atoms with Crippen molar-refractivity contribution in [1.29, 1.82) is 0 Å². The summed E-state index contributed by atoms with van der Waals surface area (Å²) in [5, 5.41) is 0. The Balaban J connectivity index is 0.00000120. The molecule has 0 saturated heterocycles. The highest BCUT2D eigenvalue weighted by molar-refractivity contribution is 5.85. The first-order valence-corrected chi connectivity index (χ1v) is 7.05. The van der Waals surface area contributed by atoms with Crippen LogP contribution in [-0.2, 0) is 9.53 Å². The van der Waals surface area contributed by atoms with Crippen LogP contribution in [0.15, 0.2) is 0 Å². The van der Waals surface area contributed by atoms with Crippen molar-refractivity contribution in [3.63, 3.8) is 0 Å². The Morgan fingerprint density at radius 3 is 2.06 bits per heavy atom. The van der Waals surface area contributed by atoms with Gasteiger partial charge in [0.05, 0.1) is 6.61 Å². The predicted molar refractivity (Wildman–Crippen MR) is 72.5 cm³/mol. The van der Waals surface area contributed by atoms with Crippen molar-refractivity contribution < 1.29 is 9.53 Å². The summed E-state index contributed by atoms with van der Waals surface area (Å²) in [6, 6.07) is -0.379. The molecule has 1 unspecified atom stereocenters. The second-order valence-electron chi connectivity index (χ2n) is 6.51. The molecule has 0 aromatic carbocycles. The molecular weight excluding hydrogens is 250 g/mol. The summed E-state index contributed by atoms with van der Waals surface area (Å²) in [5.41, 5.74) is 6.31. The van der Waals surface area contributed by atoms with Gasteiger partial charge in [-0.25, -0.2) is 0 Å². The molecule has 18 heavy (non-hydrogen) atoms. The number of hydrogen-bond acceptors (Lipinski definition) is 3. The van der Waals surface area contributed by atoms with Gasteiger partial charge in [-0.3, -0.25) is 4.79 Å². The number of carbonyl (C=O) groups excluding carboxylic acids is 1. The zero-order chi connectivity index (χ0) is 12.0. The van der Waals surface area contributed by atoms with Gasteiger partial charge in [-0.05, 0) is 68.6 Å². The van der Waals surface area contributed by atoms with E-state index in [0.29, 0.717) is 6.61 Å². The molecule has 0 heterocycles. The van der Waals surface area contributed by atoms with Crippen LogP contribution in [0.1, 0.15) is 45.4 Å². The molecule has 0 spiro atoms. The second-order valence-corrected chi connectivity index (χ2v) is 6.51. The minimum atomic E-state index is -0.379. The van der Waals surface area contributed by atoms with Crippen LogP contribution < -0.4 is 5.73 Å². The first kappa shape index (κ1) is 14.1. The van der Waals surface area contributed by atoms with Crippen LogP contribution in [0, 0.1) is 23.2 Å². The molecule has 0 aliphatic heterocycles. The molecule has 0 aromatic rings. The average molecular weight is 274 g/mol. The highest BCUT2D eigenvalue weighted by Gasteiger charge is 2.55. The molecule has 4 aliphatic carbocycles. The first-order chi connectivity index (χ1) is 8.13. The van der Waals surface area contributed by atoms with Crippen LogP contribution in [0.25, 0.3) is 0 Å². The van der Waals surface area contributed by atoms with Gasteiger partial charge in [0.2, 0.25) is 0 Å². The van der Waals surface area contributed by atoms with Crippen LogP contribution in [0.3, 0.4) is 0 Å². The van der Waals surface area contributed by atoms with E-state index in [1.54, 1.807) is 0 Å². The van der Waals surface area contributed by atoms with E-state index in [4.69, 9.17) is 10.5 Å². The van der Waals surface area contributed by atoms with Crippen molar-refractivity contribution in [2.45, 2.75) is 51.5 Å². The van der Waals surface area contributed by atoms with E-state index in [2.05, 4.69) is 0 Å². The third-order valence-corrected chi connectivity index (χ3v) is 5.29. The monoisotopic (exact) mass is 273 g/mol. The van der Waals surface area contributed by atoms with Gasteiger partial charge in [-0.15, -0.1) is 12.4 Å². The minimum absolute atomic E-state index is 0. The lowest BCUT2D eigenvalue weighted by molar-refractivity contribution is -0.155. The maximum atomic E-state index is 11.9. The van der Waals surface area contributed by atoms with Gasteiger partial charge in [0.1, 0.15) is 6.04 Å². The molecule has 0 radical (unpaired) electrons. The summed E-state index contributed by atoms with van der Waals surface area (Å²) in [7, 11) is 0. The molecule has 4 heteroatoms. The molecule has 1 atom stereocenters. The molecule has 0 aromatic heterocycles. The smallest absolute Gasteiger partial charge is 0.323 e. The molecule has 0 amide bonds. The Morgan fingerprint density at radius 2 is 1.67 bits per heavy atom. The predicted octanol–water partition coefficient (Wildman–Crippen LogP) is 2.52. The Bertz CT molecular complexity index is 296. The Hall–Kier alpha value is -0.280. The van der Waals surface area contributed by atoms with Crippen LogP contribution in [0.4, 0.5) is 0 Å². The van der Waals surface area contributed by atoms with Crippen LogP contribution in [0.2, 0.25) is 0 Å². The van der Waals surface area contributed by atoms with E-state index in [-0.39, 0.29) is 29.8 Å². The minimum Gasteiger partial charge on any atom is -0.465 e. The van der Waals surface area contributed by atoms with E-state index in [0.717, 1.165) is 17.8 Å². The van der Waals surface area contributed by atoms with E-state index in [1.165, 1.54) is 38.5 Å². The topological polar surface area (TPSA) is 52.3 Å². The number of nitrogens with two attached hydrogens (primary N) is 1. The Labute approximate surface area is 115 Å². The number of carbonyl (C=O) groups is 1. The van der Waals surface area contributed by atoms with Crippen molar-refractivity contribution in [2.24, 2.45) is 28.9 Å². The number of esters is 1. The van der Waals surface area contributed by atoms with Crippen molar-refractivity contribution in [3.05, 3.63) is 0 Å². The zero-order valence-corrected chi connectivity index (χ0v) is 11.9. The molecular formula is C14H24ClNO2. The average Bonchev–Trinajstić information content (AvgIpc) is 2.26. The summed E-state index contributed by atoms with van der Waals surface area (Å²) < 4.78 is 5.13. The van der Waals surface area contributed by atoms with E-state index < -0.39 is 0 Å². The van der Waals surface area contributed by atoms with Crippen LogP contribution >= 0.6 is 12.4 Å². The Morgan fingerprint density at radius 1 is 1.22 bits per heavy atom. The van der Waals surface area contributed by atoms with E-state index in [1.807, 2.05) is 6.92 Å². The molecule has 4 saturated carbocycles. The maximum Gasteiger partial charge on any atom is 0.323 e. The van der Waals surface area contributed by atoms with Gasteiger partial charge in [-0.2, -0.15) is 0 Å². The molecule has 3 nitrogen and oxygen atoms in total. The molecule has 4 fully saturated rings. The third-order valence-electron chi connectivity index (χ3n) is 5.29. The molecule has 4 rings (SSSR count). The normalized spacial score (nSPS) is 42.2. The molecule has 4 bridgehead atoms. The maximum absolute atomic E-state index is 11.9. The lowest BCUT2D eigenvalue weighted by Gasteiger charge is -2.58. The fourth-order valence-corrected chi connectivity index (χ4v) is 5.04. The fraction of sp³-hybridized carbons (Fsp3) is 0.929. The van der Waals surface area contributed by atoms with Gasteiger partial charge in [0.25, 0.3) is 0 Å². The molecule has 4 aliphatic rings. The Kier molecular flexibility index (Phi) is 3.93. The third kappa shape index (κ3) is 2.16. The summed E-state index contributed by atoms with van der Waals surface area (Å²) >= 11 is 0. The standard InChI is InChI=1S/C14H23NO2.ClH/c1-2-17-13(16)12(15)14-6-9-3-10(7-14)5-11(4-9)8-14;/h9-12H,2-8,15H2,1H3;1H. The number of hydrogen-bond donors (Lipinski definition) is 1. The summed E-state index contributed by atoms with van der Waals surface area (Å²) in [6.07, 6.45) is 7.65. The van der Waals surface area contributed by atoms with E-state index in [9.17, 15) is 4.79 Å². The quantitative estimate of drug-likeness (QED) is 0.804. The summed E-state index contributed by atoms with van der Waals surface area (Å²) in [6.45, 7) is 2.29. The van der Waals surface area contributed by atoms with Crippen LogP contribution in [-0.4, -0.2) is 18.6 Å². The summed E-state index contributed by atoms with van der Waals surface area (Å²) in [5.74, 6) is 2.33. The van der Waals surface area contributed by atoms with Crippen molar-refractivity contribution in [2.75, 3.05) is 6.61 Å². The second kappa shape index (κ2) is 5.01. The highest BCUT2D eigenvalue weighted by atomic mass is 35.5.